The number of nitrogens with one attached hydrogen (secondary N) is 1. The number of hydrogen-bond donors (Lipinski definition) is 2. The van der Waals surface area contributed by atoms with Gasteiger partial charge in [-0.3, -0.25) is 9.69 Å². The van der Waals surface area contributed by atoms with Gasteiger partial charge in [0.05, 0.1) is 4.90 Å². The second-order valence-electron chi connectivity index (χ2n) is 6.80. The number of hydrogen-bond acceptors (Lipinski definition) is 6. The van der Waals surface area contributed by atoms with Crippen LogP contribution in [0.25, 0.3) is 0 Å². The summed E-state index contributed by atoms with van der Waals surface area (Å²) in [4.78, 5) is 14.6. The van der Waals surface area contributed by atoms with E-state index in [9.17, 15) is 13.2 Å². The van der Waals surface area contributed by atoms with Crippen LogP contribution in [0, 0.1) is 0 Å². The Labute approximate surface area is 165 Å². The minimum absolute atomic E-state index is 0.0435. The molecule has 1 saturated heterocycles. The van der Waals surface area contributed by atoms with Crippen molar-refractivity contribution in [2.75, 3.05) is 26.2 Å². The van der Waals surface area contributed by atoms with Crippen molar-refractivity contribution in [2.45, 2.75) is 23.8 Å². The maximum atomic E-state index is 12.2. The fourth-order valence-electron chi connectivity index (χ4n) is 3.01. The summed E-state index contributed by atoms with van der Waals surface area (Å²) in [6.07, 6.45) is 2.02. The lowest BCUT2D eigenvalue weighted by atomic mass is 10.1. The van der Waals surface area contributed by atoms with Crippen LogP contribution >= 0.6 is 0 Å². The molecule has 0 spiro atoms. The van der Waals surface area contributed by atoms with Gasteiger partial charge in [0.15, 0.2) is 0 Å². The number of ether oxygens (including phenoxy) is 1. The van der Waals surface area contributed by atoms with Gasteiger partial charge in [0.1, 0.15) is 12.4 Å². The molecule has 1 amide bonds. The van der Waals surface area contributed by atoms with Crippen LogP contribution in [0.2, 0.25) is 0 Å². The highest BCUT2D eigenvalue weighted by atomic mass is 32.2. The lowest BCUT2D eigenvalue weighted by Crippen LogP contribution is -2.41. The van der Waals surface area contributed by atoms with Crippen LogP contribution in [0.15, 0.2) is 59.5 Å². The molecule has 1 heterocycles. The quantitative estimate of drug-likeness (QED) is 0.728. The molecule has 0 radical (unpaired) electrons. The SMILES string of the molecule is NC1CCN(CCOc2ccc(C(=O)NS(=O)(=O)c3ccccc3)cc2)CC1. The fraction of sp³-hybridized carbons (Fsp3) is 0.350. The van der Waals surface area contributed by atoms with Crippen LogP contribution in [0.5, 0.6) is 5.75 Å². The van der Waals surface area contributed by atoms with Gasteiger partial charge >= 0.3 is 0 Å². The maximum absolute atomic E-state index is 12.2. The molecule has 0 atom stereocenters. The highest BCUT2D eigenvalue weighted by molar-refractivity contribution is 7.90. The smallest absolute Gasteiger partial charge is 0.265 e. The zero-order valence-corrected chi connectivity index (χ0v) is 16.4. The summed E-state index contributed by atoms with van der Waals surface area (Å²) in [5.41, 5.74) is 6.15. The van der Waals surface area contributed by atoms with Crippen LogP contribution in [-0.4, -0.2) is 51.5 Å². The molecule has 1 aliphatic heterocycles. The second kappa shape index (κ2) is 9.18. The summed E-state index contributed by atoms with van der Waals surface area (Å²) in [6.45, 7) is 3.34. The lowest BCUT2D eigenvalue weighted by molar-refractivity contribution is 0.0981. The first kappa shape index (κ1) is 20.3. The van der Waals surface area contributed by atoms with Crippen LogP contribution in [-0.2, 0) is 10.0 Å². The number of nitrogens with two attached hydrogens (primary N) is 1. The molecule has 28 heavy (non-hydrogen) atoms. The number of carbonyl (C=O) groups is 1. The number of piperidine rings is 1. The molecule has 3 N–H and O–H groups in total. The third kappa shape index (κ3) is 5.54. The molecule has 2 aromatic carbocycles. The van der Waals surface area contributed by atoms with Crippen molar-refractivity contribution < 1.29 is 17.9 Å². The first-order valence-electron chi connectivity index (χ1n) is 9.27. The van der Waals surface area contributed by atoms with Crippen molar-refractivity contribution in [2.24, 2.45) is 5.73 Å². The summed E-state index contributed by atoms with van der Waals surface area (Å²) >= 11 is 0. The Morgan fingerprint density at radius 2 is 1.71 bits per heavy atom. The number of carbonyl (C=O) groups excluding carboxylic acids is 1. The van der Waals surface area contributed by atoms with Gasteiger partial charge in [-0.2, -0.15) is 0 Å². The Balaban J connectivity index is 1.50. The predicted octanol–water partition coefficient (Wildman–Crippen LogP) is 1.61. The highest BCUT2D eigenvalue weighted by Gasteiger charge is 2.18. The normalized spacial score (nSPS) is 15.9. The topological polar surface area (TPSA) is 102 Å². The zero-order valence-electron chi connectivity index (χ0n) is 15.6. The summed E-state index contributed by atoms with van der Waals surface area (Å²) in [5, 5.41) is 0. The number of likely N-dealkylation sites (tertiary alicyclic amines) is 1. The molecule has 0 bridgehead atoms. The van der Waals surface area contributed by atoms with Crippen molar-refractivity contribution in [3.8, 4) is 5.75 Å². The van der Waals surface area contributed by atoms with Crippen LogP contribution in [0.3, 0.4) is 0 Å². The second-order valence-corrected chi connectivity index (χ2v) is 8.48. The molecular formula is C20H25N3O4S. The molecule has 150 valence electrons. The Bertz CT molecular complexity index is 877. The molecule has 8 heteroatoms. The molecule has 0 saturated carbocycles. The maximum Gasteiger partial charge on any atom is 0.265 e. The number of amides is 1. The molecule has 1 aliphatic rings. The van der Waals surface area contributed by atoms with E-state index in [-0.39, 0.29) is 10.5 Å². The highest BCUT2D eigenvalue weighted by Crippen LogP contribution is 2.14. The molecular weight excluding hydrogens is 378 g/mol. The van der Waals surface area contributed by atoms with Crippen molar-refractivity contribution >= 4 is 15.9 Å². The van der Waals surface area contributed by atoms with Gasteiger partial charge in [0.2, 0.25) is 0 Å². The monoisotopic (exact) mass is 403 g/mol. The predicted molar refractivity (Wildman–Crippen MR) is 107 cm³/mol. The summed E-state index contributed by atoms with van der Waals surface area (Å²) in [6, 6.07) is 14.5. The molecule has 2 aromatic rings. The first-order valence-corrected chi connectivity index (χ1v) is 10.8. The molecule has 0 unspecified atom stereocenters. The van der Waals surface area contributed by atoms with Crippen LogP contribution in [0.1, 0.15) is 23.2 Å². The van der Waals surface area contributed by atoms with Crippen LogP contribution < -0.4 is 15.2 Å². The fourth-order valence-corrected chi connectivity index (χ4v) is 4.01. The van der Waals surface area contributed by atoms with Gasteiger partial charge < -0.3 is 10.5 Å². The number of nitrogens with zero attached hydrogens (tertiary/aromatic N) is 1. The van der Waals surface area contributed by atoms with Crippen molar-refractivity contribution in [3.63, 3.8) is 0 Å². The third-order valence-electron chi connectivity index (χ3n) is 4.71. The van der Waals surface area contributed by atoms with E-state index >= 15 is 0 Å². The van der Waals surface area contributed by atoms with Gasteiger partial charge in [0, 0.05) is 18.2 Å². The summed E-state index contributed by atoms with van der Waals surface area (Å²) in [5.74, 6) is -0.0452. The number of rotatable bonds is 7. The van der Waals surface area contributed by atoms with Gasteiger partial charge in [-0.25, -0.2) is 13.1 Å². The summed E-state index contributed by atoms with van der Waals surface area (Å²) < 4.78 is 32.2. The third-order valence-corrected chi connectivity index (χ3v) is 6.05. The van der Waals surface area contributed by atoms with Gasteiger partial charge in [-0.15, -0.1) is 0 Å². The van der Waals surface area contributed by atoms with E-state index in [0.717, 1.165) is 32.5 Å². The van der Waals surface area contributed by atoms with E-state index < -0.39 is 15.9 Å². The molecule has 7 nitrogen and oxygen atoms in total. The Kier molecular flexibility index (Phi) is 6.66. The Morgan fingerprint density at radius 3 is 2.36 bits per heavy atom. The molecule has 3 rings (SSSR count). The average Bonchev–Trinajstić information content (AvgIpc) is 2.70. The van der Waals surface area contributed by atoms with Crippen molar-refractivity contribution in [1.82, 2.24) is 9.62 Å². The van der Waals surface area contributed by atoms with E-state index in [1.807, 2.05) is 0 Å². The standard InChI is InChI=1S/C20H25N3O4S/c21-17-10-12-23(13-11-17)14-15-27-18-8-6-16(7-9-18)20(24)22-28(25,26)19-4-2-1-3-5-19/h1-9,17H,10-15,21H2,(H,22,24). The van der Waals surface area contributed by atoms with Gasteiger partial charge in [-0.05, 0) is 62.3 Å². The molecule has 1 fully saturated rings. The van der Waals surface area contributed by atoms with Crippen molar-refractivity contribution in [3.05, 3.63) is 60.2 Å². The van der Waals surface area contributed by atoms with Gasteiger partial charge in [-0.1, -0.05) is 18.2 Å². The minimum Gasteiger partial charge on any atom is -0.492 e. The van der Waals surface area contributed by atoms with Gasteiger partial charge in [0.25, 0.3) is 15.9 Å². The number of sulfonamides is 1. The Hall–Kier alpha value is -2.42. The lowest BCUT2D eigenvalue weighted by Gasteiger charge is -2.29. The van der Waals surface area contributed by atoms with Crippen LogP contribution in [0.4, 0.5) is 0 Å². The molecule has 0 aliphatic carbocycles. The van der Waals surface area contributed by atoms with E-state index in [2.05, 4.69) is 9.62 Å². The van der Waals surface area contributed by atoms with E-state index in [0.29, 0.717) is 18.4 Å². The largest absolute Gasteiger partial charge is 0.492 e. The van der Waals surface area contributed by atoms with E-state index in [1.165, 1.54) is 12.1 Å². The van der Waals surface area contributed by atoms with Crippen molar-refractivity contribution in [1.29, 1.82) is 0 Å². The van der Waals surface area contributed by atoms with E-state index in [1.54, 1.807) is 42.5 Å². The Morgan fingerprint density at radius 1 is 1.07 bits per heavy atom. The van der Waals surface area contributed by atoms with E-state index in [4.69, 9.17) is 10.5 Å². The minimum atomic E-state index is -3.89. The molecule has 0 aromatic heterocycles. The first-order chi connectivity index (χ1) is 13.4. The number of benzene rings is 2. The summed E-state index contributed by atoms with van der Waals surface area (Å²) in [7, 11) is -3.89. The average molecular weight is 404 g/mol. The zero-order chi connectivity index (χ0) is 20.0.